The largest absolute Gasteiger partial charge is 0.295 e. The van der Waals surface area contributed by atoms with E-state index in [1.54, 1.807) is 24.8 Å². The normalized spacial score (nSPS) is 14.5. The van der Waals surface area contributed by atoms with Crippen LogP contribution in [0.4, 0.5) is 0 Å². The summed E-state index contributed by atoms with van der Waals surface area (Å²) < 4.78 is -2.25. The zero-order valence-electron chi connectivity index (χ0n) is 16.4. The van der Waals surface area contributed by atoms with Gasteiger partial charge in [-0.1, -0.05) is 105 Å². The van der Waals surface area contributed by atoms with E-state index in [1.807, 2.05) is 84.9 Å². The predicted molar refractivity (Wildman–Crippen MR) is 136 cm³/mol. The summed E-state index contributed by atoms with van der Waals surface area (Å²) in [5.41, 5.74) is 3.16. The molecule has 2 atom stereocenters. The molecule has 2 unspecified atom stereocenters. The lowest BCUT2D eigenvalue weighted by Gasteiger charge is -2.36. The molecule has 0 spiro atoms. The van der Waals surface area contributed by atoms with Crippen LogP contribution in [0.1, 0.15) is 22.3 Å². The Morgan fingerprint density at radius 3 is 1.26 bits per heavy atom. The SMILES string of the molecule is Br.O=C(C(Br)(c1ccccc1)c1cccnc1)C(Br)(c1ccccc1)c1cccnc1. The third-order valence-corrected chi connectivity index (χ3v) is 7.64. The number of pyridine rings is 2. The molecule has 2 heterocycles. The number of carbonyl (C=O) groups is 1. The van der Waals surface area contributed by atoms with Crippen molar-refractivity contribution in [1.82, 2.24) is 9.97 Å². The van der Waals surface area contributed by atoms with Crippen molar-refractivity contribution in [2.45, 2.75) is 8.65 Å². The summed E-state index contributed by atoms with van der Waals surface area (Å²) in [6.45, 7) is 0. The average molecular weight is 603 g/mol. The van der Waals surface area contributed by atoms with Crippen molar-refractivity contribution in [2.24, 2.45) is 0 Å². The number of rotatable bonds is 6. The topological polar surface area (TPSA) is 42.9 Å². The van der Waals surface area contributed by atoms with Crippen LogP contribution in [-0.2, 0) is 13.4 Å². The molecule has 3 nitrogen and oxygen atoms in total. The minimum Gasteiger partial charge on any atom is -0.295 e. The van der Waals surface area contributed by atoms with Gasteiger partial charge < -0.3 is 0 Å². The molecule has 0 amide bonds. The first-order chi connectivity index (χ1) is 14.6. The molecule has 4 rings (SSSR count). The lowest BCUT2D eigenvalue weighted by Crippen LogP contribution is -2.44. The Labute approximate surface area is 209 Å². The van der Waals surface area contributed by atoms with Gasteiger partial charge in [-0.25, -0.2) is 0 Å². The van der Waals surface area contributed by atoms with Crippen molar-refractivity contribution in [3.05, 3.63) is 132 Å². The number of alkyl halides is 2. The van der Waals surface area contributed by atoms with Crippen LogP contribution in [0.2, 0.25) is 0 Å². The van der Waals surface area contributed by atoms with Gasteiger partial charge in [-0.15, -0.1) is 17.0 Å². The van der Waals surface area contributed by atoms with E-state index in [1.165, 1.54) is 0 Å². The van der Waals surface area contributed by atoms with Gasteiger partial charge in [-0.3, -0.25) is 14.8 Å². The Balaban J connectivity index is 0.00000272. The lowest BCUT2D eigenvalue weighted by molar-refractivity contribution is -0.121. The molecule has 2 aromatic carbocycles. The van der Waals surface area contributed by atoms with Crippen molar-refractivity contribution in [3.63, 3.8) is 0 Å². The number of hydrogen-bond donors (Lipinski definition) is 0. The number of ketones is 1. The van der Waals surface area contributed by atoms with Gasteiger partial charge in [0.15, 0.2) is 5.78 Å². The summed E-state index contributed by atoms with van der Waals surface area (Å²) in [4.78, 5) is 23.1. The van der Waals surface area contributed by atoms with E-state index in [0.29, 0.717) is 0 Å². The molecule has 0 saturated heterocycles. The summed E-state index contributed by atoms with van der Waals surface area (Å²) in [7, 11) is 0. The van der Waals surface area contributed by atoms with E-state index in [0.717, 1.165) is 22.3 Å². The summed E-state index contributed by atoms with van der Waals surface area (Å²) in [5, 5.41) is 0. The first-order valence-corrected chi connectivity index (χ1v) is 11.0. The number of carbonyl (C=O) groups excluding carboxylic acids is 1. The van der Waals surface area contributed by atoms with E-state index >= 15 is 0 Å². The van der Waals surface area contributed by atoms with Gasteiger partial charge in [-0.2, -0.15) is 0 Å². The zero-order chi connectivity index (χ0) is 21.0. The monoisotopic (exact) mass is 600 g/mol. The van der Waals surface area contributed by atoms with Crippen LogP contribution in [0.5, 0.6) is 0 Å². The molecule has 31 heavy (non-hydrogen) atoms. The highest BCUT2D eigenvalue weighted by Gasteiger charge is 2.52. The fraction of sp³-hybridized carbons (Fsp3) is 0.0800. The molecule has 0 aliphatic heterocycles. The number of aromatic nitrogens is 2. The lowest BCUT2D eigenvalue weighted by atomic mass is 9.77. The highest BCUT2D eigenvalue weighted by Crippen LogP contribution is 2.50. The quantitative estimate of drug-likeness (QED) is 0.234. The van der Waals surface area contributed by atoms with Gasteiger partial charge in [0.2, 0.25) is 0 Å². The molecule has 0 aliphatic rings. The van der Waals surface area contributed by atoms with Crippen LogP contribution in [0.25, 0.3) is 0 Å². The molecule has 0 bridgehead atoms. The van der Waals surface area contributed by atoms with Crippen LogP contribution in [0.3, 0.4) is 0 Å². The van der Waals surface area contributed by atoms with Crippen LogP contribution in [0, 0.1) is 0 Å². The molecule has 6 heteroatoms. The number of Topliss-reactive ketones (excluding diaryl/α,β-unsaturated/α-hetero) is 1. The maximum Gasteiger partial charge on any atom is 0.184 e. The standard InChI is InChI=1S/C25H18Br2N2O.BrH/c26-24(19-9-3-1-4-10-19,21-13-7-15-28-17-21)23(30)25(27,20-11-5-2-6-12-20)22-14-8-16-29-18-22;/h1-18H;1H. The predicted octanol–water partition coefficient (Wildman–Crippen LogP) is 6.60. The van der Waals surface area contributed by atoms with Crippen LogP contribution < -0.4 is 0 Å². The molecule has 0 radical (unpaired) electrons. The number of nitrogens with zero attached hydrogens (tertiary/aromatic N) is 2. The summed E-state index contributed by atoms with van der Waals surface area (Å²) in [5.74, 6) is -0.0894. The van der Waals surface area contributed by atoms with Crippen molar-refractivity contribution in [1.29, 1.82) is 0 Å². The van der Waals surface area contributed by atoms with Crippen molar-refractivity contribution in [2.75, 3.05) is 0 Å². The number of benzene rings is 2. The highest BCUT2D eigenvalue weighted by atomic mass is 79.9. The Morgan fingerprint density at radius 1 is 0.581 bits per heavy atom. The fourth-order valence-electron chi connectivity index (χ4n) is 3.56. The third kappa shape index (κ3) is 4.29. The smallest absolute Gasteiger partial charge is 0.184 e. The second kappa shape index (κ2) is 9.98. The number of hydrogen-bond acceptors (Lipinski definition) is 3. The maximum atomic E-state index is 14.5. The first-order valence-electron chi connectivity index (χ1n) is 9.42. The van der Waals surface area contributed by atoms with Crippen molar-refractivity contribution >= 4 is 54.6 Å². The number of halogens is 3. The van der Waals surface area contributed by atoms with E-state index in [9.17, 15) is 4.79 Å². The van der Waals surface area contributed by atoms with Gasteiger partial charge in [0, 0.05) is 24.8 Å². The first kappa shape index (κ1) is 23.5. The maximum absolute atomic E-state index is 14.5. The van der Waals surface area contributed by atoms with Gasteiger partial charge in [0.05, 0.1) is 0 Å². The minimum atomic E-state index is -1.13. The molecule has 4 aromatic rings. The van der Waals surface area contributed by atoms with Gasteiger partial charge in [-0.05, 0) is 34.4 Å². The third-order valence-electron chi connectivity index (χ3n) is 5.09. The average Bonchev–Trinajstić information content (AvgIpc) is 2.84. The van der Waals surface area contributed by atoms with E-state index < -0.39 is 8.65 Å². The Morgan fingerprint density at radius 2 is 0.935 bits per heavy atom. The van der Waals surface area contributed by atoms with Gasteiger partial charge in [0.25, 0.3) is 0 Å². The summed E-state index contributed by atoms with van der Waals surface area (Å²) in [6.07, 6.45) is 6.85. The van der Waals surface area contributed by atoms with Crippen molar-refractivity contribution < 1.29 is 4.79 Å². The fourth-order valence-corrected chi connectivity index (χ4v) is 5.42. The summed E-state index contributed by atoms with van der Waals surface area (Å²) in [6, 6.07) is 26.9. The van der Waals surface area contributed by atoms with E-state index in [2.05, 4.69) is 41.8 Å². The molecule has 0 saturated carbocycles. The van der Waals surface area contributed by atoms with Crippen LogP contribution >= 0.6 is 48.8 Å². The van der Waals surface area contributed by atoms with Gasteiger partial charge >= 0.3 is 0 Å². The molecule has 2 aromatic heterocycles. The van der Waals surface area contributed by atoms with E-state index in [4.69, 9.17) is 0 Å². The Hall–Kier alpha value is -2.15. The summed E-state index contributed by atoms with van der Waals surface area (Å²) >= 11 is 7.72. The minimum absolute atomic E-state index is 0. The Bertz CT molecular complexity index is 955. The van der Waals surface area contributed by atoms with Crippen LogP contribution in [0.15, 0.2) is 110 Å². The molecular formula is C25H19Br3N2O. The molecule has 0 aliphatic carbocycles. The highest BCUT2D eigenvalue weighted by molar-refractivity contribution is 9.11. The van der Waals surface area contributed by atoms with Crippen LogP contribution in [-0.4, -0.2) is 15.8 Å². The Kier molecular flexibility index (Phi) is 7.57. The molecule has 156 valence electrons. The van der Waals surface area contributed by atoms with Gasteiger partial charge in [0.1, 0.15) is 8.65 Å². The van der Waals surface area contributed by atoms with Crippen molar-refractivity contribution in [3.8, 4) is 0 Å². The molecular weight excluding hydrogens is 584 g/mol. The second-order valence-corrected chi connectivity index (χ2v) is 9.24. The zero-order valence-corrected chi connectivity index (χ0v) is 21.2. The van der Waals surface area contributed by atoms with E-state index in [-0.39, 0.29) is 22.8 Å². The molecule has 0 fully saturated rings. The second-order valence-electron chi connectivity index (χ2n) is 6.86. The molecule has 0 N–H and O–H groups in total.